The van der Waals surface area contributed by atoms with E-state index >= 15 is 0 Å². The smallest absolute Gasteiger partial charge is 0.264 e. The Labute approximate surface area is 65.3 Å². The molecule has 0 saturated heterocycles. The van der Waals surface area contributed by atoms with Crippen LogP contribution in [0.25, 0.3) is 0 Å². The highest BCUT2D eigenvalue weighted by atomic mass is 32.2. The van der Waals surface area contributed by atoms with Gasteiger partial charge in [-0.25, -0.2) is 0 Å². The first kappa shape index (κ1) is 10.4. The summed E-state index contributed by atoms with van der Waals surface area (Å²) in [6.07, 6.45) is -0.281. The molecule has 0 amide bonds. The lowest BCUT2D eigenvalue weighted by Crippen LogP contribution is -2.17. The average molecular weight is 179 g/mol. The number of nitriles is 1. The summed E-state index contributed by atoms with van der Waals surface area (Å²) >= 11 is 0. The third-order valence-corrected chi connectivity index (χ3v) is 1.37. The van der Waals surface area contributed by atoms with Crippen LogP contribution in [0.1, 0.15) is 6.42 Å². The molecule has 0 saturated carbocycles. The zero-order valence-electron chi connectivity index (χ0n) is 6.02. The maximum Gasteiger partial charge on any atom is 0.264 e. The number of nitrogens with zero attached hydrogens (tertiary/aromatic N) is 1. The van der Waals surface area contributed by atoms with Crippen LogP contribution in [0.4, 0.5) is 0 Å². The van der Waals surface area contributed by atoms with E-state index in [1.54, 1.807) is 6.07 Å². The van der Waals surface area contributed by atoms with Gasteiger partial charge in [0.05, 0.1) is 31.5 Å². The summed E-state index contributed by atoms with van der Waals surface area (Å²) in [5.74, 6) is 0. The van der Waals surface area contributed by atoms with Gasteiger partial charge >= 0.3 is 0 Å². The van der Waals surface area contributed by atoms with E-state index in [2.05, 4.69) is 4.18 Å². The van der Waals surface area contributed by atoms with Crippen molar-refractivity contribution in [2.24, 2.45) is 0 Å². The van der Waals surface area contributed by atoms with Crippen LogP contribution in [-0.4, -0.2) is 32.5 Å². The Balaban J connectivity index is 3.65. The Hall–Kier alpha value is -0.640. The summed E-state index contributed by atoms with van der Waals surface area (Å²) in [4.78, 5) is 0. The molecule has 1 unspecified atom stereocenters. The van der Waals surface area contributed by atoms with E-state index in [4.69, 9.17) is 10.4 Å². The monoisotopic (exact) mass is 179 g/mol. The zero-order chi connectivity index (χ0) is 8.91. The molecule has 1 N–H and O–H groups in total. The highest BCUT2D eigenvalue weighted by Crippen LogP contribution is 1.94. The molecule has 0 fully saturated rings. The highest BCUT2D eigenvalue weighted by Gasteiger charge is 2.07. The summed E-state index contributed by atoms with van der Waals surface area (Å²) in [7, 11) is -3.51. The number of aliphatic hydroxyl groups excluding tert-OH is 1. The van der Waals surface area contributed by atoms with Gasteiger partial charge in [0.25, 0.3) is 10.1 Å². The van der Waals surface area contributed by atoms with Gasteiger partial charge in [-0.1, -0.05) is 0 Å². The van der Waals surface area contributed by atoms with Crippen molar-refractivity contribution in [2.45, 2.75) is 12.5 Å². The van der Waals surface area contributed by atoms with Gasteiger partial charge in [0, 0.05) is 0 Å². The van der Waals surface area contributed by atoms with Crippen molar-refractivity contribution in [3.63, 3.8) is 0 Å². The molecule has 0 aromatic rings. The van der Waals surface area contributed by atoms with E-state index in [-0.39, 0.29) is 13.0 Å². The van der Waals surface area contributed by atoms with E-state index in [0.717, 1.165) is 6.26 Å². The van der Waals surface area contributed by atoms with E-state index in [9.17, 15) is 8.42 Å². The fourth-order valence-corrected chi connectivity index (χ4v) is 0.771. The first-order valence-electron chi connectivity index (χ1n) is 2.85. The predicted octanol–water partition coefficient (Wildman–Crippen LogP) is -0.763. The first-order valence-corrected chi connectivity index (χ1v) is 4.67. The molecule has 0 bridgehead atoms. The molecule has 6 heteroatoms. The lowest BCUT2D eigenvalue weighted by Gasteiger charge is -2.04. The number of hydrogen-bond donors (Lipinski definition) is 1. The molecule has 1 atom stereocenters. The van der Waals surface area contributed by atoms with Crippen LogP contribution in [-0.2, 0) is 14.3 Å². The third-order valence-electron chi connectivity index (χ3n) is 0.801. The van der Waals surface area contributed by atoms with Crippen molar-refractivity contribution in [3.8, 4) is 6.07 Å². The first-order chi connectivity index (χ1) is 4.95. The molecule has 0 spiro atoms. The fourth-order valence-electron chi connectivity index (χ4n) is 0.366. The highest BCUT2D eigenvalue weighted by molar-refractivity contribution is 7.85. The number of rotatable bonds is 4. The van der Waals surface area contributed by atoms with Crippen molar-refractivity contribution in [3.05, 3.63) is 0 Å². The fraction of sp³-hybridized carbons (Fsp3) is 0.800. The molecule has 0 heterocycles. The standard InChI is InChI=1S/C5H9NO4S/c1-11(8,9)10-4-5(7)2-3-6/h5,7H,2,4H2,1H3. The maximum absolute atomic E-state index is 10.3. The van der Waals surface area contributed by atoms with Crippen LogP contribution in [0, 0.1) is 11.3 Å². The normalized spacial score (nSPS) is 13.9. The van der Waals surface area contributed by atoms with E-state index in [1.807, 2.05) is 0 Å². The van der Waals surface area contributed by atoms with Gasteiger partial charge < -0.3 is 5.11 Å². The molecule has 0 aliphatic carbocycles. The van der Waals surface area contributed by atoms with Gasteiger partial charge in [0.2, 0.25) is 0 Å². The van der Waals surface area contributed by atoms with E-state index in [0.29, 0.717) is 0 Å². The molecule has 0 rings (SSSR count). The number of aliphatic hydroxyl groups is 1. The molecular weight excluding hydrogens is 170 g/mol. The van der Waals surface area contributed by atoms with Crippen molar-refractivity contribution in [1.82, 2.24) is 0 Å². The second-order valence-corrected chi connectivity index (χ2v) is 3.65. The predicted molar refractivity (Wildman–Crippen MR) is 37.0 cm³/mol. The molecule has 11 heavy (non-hydrogen) atoms. The van der Waals surface area contributed by atoms with Crippen LogP contribution in [0.5, 0.6) is 0 Å². The van der Waals surface area contributed by atoms with Crippen LogP contribution in [0.2, 0.25) is 0 Å². The van der Waals surface area contributed by atoms with Gasteiger partial charge in [-0.3, -0.25) is 4.18 Å². The SMILES string of the molecule is CS(=O)(=O)OCC(O)CC#N. The van der Waals surface area contributed by atoms with Crippen molar-refractivity contribution < 1.29 is 17.7 Å². The molecule has 0 aromatic carbocycles. The summed E-state index contributed by atoms with van der Waals surface area (Å²) in [6.45, 7) is -0.355. The van der Waals surface area contributed by atoms with Crippen LogP contribution in [0.15, 0.2) is 0 Å². The summed E-state index contributed by atoms with van der Waals surface area (Å²) < 4.78 is 24.9. The van der Waals surface area contributed by atoms with E-state index < -0.39 is 16.2 Å². The lowest BCUT2D eigenvalue weighted by molar-refractivity contribution is 0.115. The molecule has 0 aliphatic rings. The minimum absolute atomic E-state index is 0.129. The van der Waals surface area contributed by atoms with Crippen LogP contribution in [0.3, 0.4) is 0 Å². The van der Waals surface area contributed by atoms with Gasteiger partial charge in [0.1, 0.15) is 0 Å². The topological polar surface area (TPSA) is 87.4 Å². The van der Waals surface area contributed by atoms with Crippen molar-refractivity contribution in [1.29, 1.82) is 5.26 Å². The molecule has 0 aliphatic heterocycles. The van der Waals surface area contributed by atoms with Gasteiger partial charge in [-0.05, 0) is 0 Å². The molecule has 5 nitrogen and oxygen atoms in total. The second-order valence-electron chi connectivity index (χ2n) is 2.00. The lowest BCUT2D eigenvalue weighted by atomic mass is 10.3. The Kier molecular flexibility index (Phi) is 4.03. The minimum Gasteiger partial charge on any atom is -0.390 e. The van der Waals surface area contributed by atoms with Crippen molar-refractivity contribution in [2.75, 3.05) is 12.9 Å². The summed E-state index contributed by atoms with van der Waals surface area (Å²) in [5, 5.41) is 16.9. The Morgan fingerprint density at radius 2 is 2.27 bits per heavy atom. The quantitative estimate of drug-likeness (QED) is 0.573. The minimum atomic E-state index is -3.51. The maximum atomic E-state index is 10.3. The van der Waals surface area contributed by atoms with E-state index in [1.165, 1.54) is 0 Å². The largest absolute Gasteiger partial charge is 0.390 e. The zero-order valence-corrected chi connectivity index (χ0v) is 6.84. The Bertz CT molecular complexity index is 240. The molecule has 64 valence electrons. The molecular formula is C5H9NO4S. The number of hydrogen-bond acceptors (Lipinski definition) is 5. The van der Waals surface area contributed by atoms with Crippen molar-refractivity contribution >= 4 is 10.1 Å². The molecule has 0 aromatic heterocycles. The van der Waals surface area contributed by atoms with Gasteiger partial charge in [-0.2, -0.15) is 13.7 Å². The molecule has 0 radical (unpaired) electrons. The summed E-state index contributed by atoms with van der Waals surface area (Å²) in [6, 6.07) is 1.68. The average Bonchev–Trinajstić information content (AvgIpc) is 1.83. The van der Waals surface area contributed by atoms with Crippen LogP contribution < -0.4 is 0 Å². The van der Waals surface area contributed by atoms with Gasteiger partial charge in [0.15, 0.2) is 0 Å². The van der Waals surface area contributed by atoms with Gasteiger partial charge in [-0.15, -0.1) is 0 Å². The summed E-state index contributed by atoms with van der Waals surface area (Å²) in [5.41, 5.74) is 0. The van der Waals surface area contributed by atoms with Crippen LogP contribution >= 0.6 is 0 Å². The Morgan fingerprint density at radius 3 is 2.64 bits per heavy atom. The Morgan fingerprint density at radius 1 is 1.73 bits per heavy atom. The second kappa shape index (κ2) is 4.28. The third kappa shape index (κ3) is 7.25.